The highest BCUT2D eigenvalue weighted by Crippen LogP contribution is 2.24. The van der Waals surface area contributed by atoms with Gasteiger partial charge in [-0.05, 0) is 49.4 Å². The molecule has 0 spiro atoms. The number of benzene rings is 2. The number of halogens is 1. The third-order valence-electron chi connectivity index (χ3n) is 3.39. The van der Waals surface area contributed by atoms with Gasteiger partial charge in [-0.15, -0.1) is 0 Å². The molecule has 26 heavy (non-hydrogen) atoms. The summed E-state index contributed by atoms with van der Waals surface area (Å²) in [5.74, 6) is 0.834. The van der Waals surface area contributed by atoms with Crippen molar-refractivity contribution in [3.8, 4) is 23.6 Å². The summed E-state index contributed by atoms with van der Waals surface area (Å²) in [6.45, 7) is 1.55. The predicted molar refractivity (Wildman–Crippen MR) is 94.9 cm³/mol. The maximum absolute atomic E-state index is 11.5. The number of carbonyl (C=O) groups is 1. The molecule has 0 bridgehead atoms. The van der Waals surface area contributed by atoms with Gasteiger partial charge in [-0.25, -0.2) is 9.97 Å². The molecule has 1 aromatic heterocycles. The Morgan fingerprint density at radius 1 is 1.19 bits per heavy atom. The number of amides is 1. The highest BCUT2D eigenvalue weighted by Gasteiger charge is 2.14. The van der Waals surface area contributed by atoms with Crippen LogP contribution in [-0.2, 0) is 4.79 Å². The lowest BCUT2D eigenvalue weighted by Gasteiger charge is -2.12. The third kappa shape index (κ3) is 4.18. The predicted octanol–water partition coefficient (Wildman–Crippen LogP) is 3.44. The Hall–Kier alpha value is -3.37. The van der Waals surface area contributed by atoms with Gasteiger partial charge in [0.05, 0.1) is 17.2 Å². The van der Waals surface area contributed by atoms with Crippen molar-refractivity contribution in [2.24, 2.45) is 0 Å². The first-order valence-electron chi connectivity index (χ1n) is 7.61. The van der Waals surface area contributed by atoms with E-state index < -0.39 is 12.0 Å². The molecular weight excluding hydrogens is 356 g/mol. The number of fused-ring (bicyclic) bond motifs is 1. The summed E-state index contributed by atoms with van der Waals surface area (Å²) in [6.07, 6.45) is 2.29. The smallest absolute Gasteiger partial charge is 0.273 e. The van der Waals surface area contributed by atoms with Crippen LogP contribution < -0.4 is 14.8 Å². The van der Waals surface area contributed by atoms with Gasteiger partial charge in [0.1, 0.15) is 11.5 Å². The number of ether oxygens (including phenoxy) is 2. The Kier molecular flexibility index (Phi) is 5.15. The molecule has 1 amide bonds. The molecule has 0 fully saturated rings. The van der Waals surface area contributed by atoms with Crippen LogP contribution >= 0.6 is 11.6 Å². The Bertz CT molecular complexity index is 986. The van der Waals surface area contributed by atoms with Crippen molar-refractivity contribution in [2.75, 3.05) is 0 Å². The molecule has 3 rings (SSSR count). The standard InChI is InChI=1S/C18H13ClN4O3/c1-11(18(24)22-10-20)25-13-3-5-14(6-4-13)26-17-9-21-16-8-12(19)2-7-15(16)23-17/h2-9,11H,1H3,(H,22,24). The molecule has 0 aliphatic rings. The zero-order chi connectivity index (χ0) is 18.5. The van der Waals surface area contributed by atoms with Crippen LogP contribution in [-0.4, -0.2) is 22.0 Å². The number of carbonyl (C=O) groups excluding carboxylic acids is 1. The molecular formula is C18H13ClN4O3. The molecule has 3 aromatic rings. The van der Waals surface area contributed by atoms with Crippen LogP contribution in [0.25, 0.3) is 11.0 Å². The molecule has 0 radical (unpaired) electrons. The lowest BCUT2D eigenvalue weighted by molar-refractivity contribution is -0.126. The fourth-order valence-electron chi connectivity index (χ4n) is 2.14. The summed E-state index contributed by atoms with van der Waals surface area (Å²) in [6, 6.07) is 11.9. The van der Waals surface area contributed by atoms with Gasteiger partial charge < -0.3 is 9.47 Å². The topological polar surface area (TPSA) is 97.1 Å². The maximum Gasteiger partial charge on any atom is 0.273 e. The quantitative estimate of drug-likeness (QED) is 0.547. The van der Waals surface area contributed by atoms with Crippen molar-refractivity contribution in [2.45, 2.75) is 13.0 Å². The van der Waals surface area contributed by atoms with E-state index in [0.717, 1.165) is 0 Å². The zero-order valence-corrected chi connectivity index (χ0v) is 14.4. The molecule has 1 N–H and O–H groups in total. The van der Waals surface area contributed by atoms with Gasteiger partial charge in [0.2, 0.25) is 5.88 Å². The highest BCUT2D eigenvalue weighted by atomic mass is 35.5. The second kappa shape index (κ2) is 7.68. The number of nitrogens with zero attached hydrogens (tertiary/aromatic N) is 3. The van der Waals surface area contributed by atoms with Crippen LogP contribution in [0.2, 0.25) is 5.02 Å². The van der Waals surface area contributed by atoms with E-state index in [9.17, 15) is 4.79 Å². The molecule has 0 aliphatic heterocycles. The van der Waals surface area contributed by atoms with Gasteiger partial charge in [-0.1, -0.05) is 11.6 Å². The molecule has 0 aliphatic carbocycles. The zero-order valence-electron chi connectivity index (χ0n) is 13.6. The summed E-state index contributed by atoms with van der Waals surface area (Å²) in [5.41, 5.74) is 1.35. The first-order chi connectivity index (χ1) is 12.5. The van der Waals surface area contributed by atoms with Crippen molar-refractivity contribution < 1.29 is 14.3 Å². The summed E-state index contributed by atoms with van der Waals surface area (Å²) in [4.78, 5) is 20.1. The first-order valence-corrected chi connectivity index (χ1v) is 7.99. The minimum absolute atomic E-state index is 0.343. The van der Waals surface area contributed by atoms with Crippen molar-refractivity contribution in [1.29, 1.82) is 5.26 Å². The summed E-state index contributed by atoms with van der Waals surface area (Å²) in [7, 11) is 0. The van der Waals surface area contributed by atoms with E-state index in [0.29, 0.717) is 33.4 Å². The van der Waals surface area contributed by atoms with E-state index in [1.165, 1.54) is 6.20 Å². The van der Waals surface area contributed by atoms with Gasteiger partial charge in [-0.2, -0.15) is 5.26 Å². The highest BCUT2D eigenvalue weighted by molar-refractivity contribution is 6.31. The van der Waals surface area contributed by atoms with E-state index >= 15 is 0 Å². The molecule has 1 heterocycles. The number of aromatic nitrogens is 2. The monoisotopic (exact) mass is 368 g/mol. The van der Waals surface area contributed by atoms with Crippen molar-refractivity contribution in [3.63, 3.8) is 0 Å². The van der Waals surface area contributed by atoms with Gasteiger partial charge in [0.25, 0.3) is 5.91 Å². The molecule has 8 heteroatoms. The van der Waals surface area contributed by atoms with Crippen molar-refractivity contribution in [3.05, 3.63) is 53.7 Å². The summed E-state index contributed by atoms with van der Waals surface area (Å²) in [5, 5.41) is 11.0. The fraction of sp³-hybridized carbons (Fsp3) is 0.111. The van der Waals surface area contributed by atoms with Crippen molar-refractivity contribution in [1.82, 2.24) is 15.3 Å². The second-order valence-corrected chi connectivity index (χ2v) is 5.71. The van der Waals surface area contributed by atoms with Crippen LogP contribution in [0, 0.1) is 11.5 Å². The van der Waals surface area contributed by atoms with Crippen LogP contribution in [0.4, 0.5) is 0 Å². The molecule has 0 saturated heterocycles. The summed E-state index contributed by atoms with van der Waals surface area (Å²) >= 11 is 5.92. The minimum atomic E-state index is -0.792. The van der Waals surface area contributed by atoms with E-state index in [2.05, 4.69) is 9.97 Å². The average Bonchev–Trinajstić information content (AvgIpc) is 2.63. The maximum atomic E-state index is 11.5. The Morgan fingerprint density at radius 3 is 2.65 bits per heavy atom. The minimum Gasteiger partial charge on any atom is -0.481 e. The van der Waals surface area contributed by atoms with Gasteiger partial charge >= 0.3 is 0 Å². The van der Waals surface area contributed by atoms with E-state index in [1.807, 2.05) is 5.32 Å². The Balaban J connectivity index is 1.68. The largest absolute Gasteiger partial charge is 0.481 e. The van der Waals surface area contributed by atoms with E-state index in [-0.39, 0.29) is 0 Å². The lowest BCUT2D eigenvalue weighted by Crippen LogP contribution is -2.33. The first kappa shape index (κ1) is 17.5. The second-order valence-electron chi connectivity index (χ2n) is 5.28. The number of hydrogen-bond acceptors (Lipinski definition) is 6. The number of nitriles is 1. The van der Waals surface area contributed by atoms with Crippen LogP contribution in [0.1, 0.15) is 6.92 Å². The van der Waals surface area contributed by atoms with Crippen molar-refractivity contribution >= 4 is 28.5 Å². The third-order valence-corrected chi connectivity index (χ3v) is 3.62. The number of nitrogens with one attached hydrogen (secondary N) is 1. The molecule has 1 atom stereocenters. The Labute approximate surface area is 154 Å². The van der Waals surface area contributed by atoms with Crippen LogP contribution in [0.5, 0.6) is 17.4 Å². The molecule has 2 aromatic carbocycles. The van der Waals surface area contributed by atoms with Gasteiger partial charge in [0.15, 0.2) is 12.3 Å². The Morgan fingerprint density at radius 2 is 1.92 bits per heavy atom. The van der Waals surface area contributed by atoms with E-state index in [4.69, 9.17) is 26.3 Å². The van der Waals surface area contributed by atoms with Gasteiger partial charge in [0, 0.05) is 5.02 Å². The molecule has 7 nitrogen and oxygen atoms in total. The normalized spacial score (nSPS) is 11.4. The fourth-order valence-corrected chi connectivity index (χ4v) is 2.30. The summed E-state index contributed by atoms with van der Waals surface area (Å²) < 4.78 is 11.1. The number of hydrogen-bond donors (Lipinski definition) is 1. The number of rotatable bonds is 5. The SMILES string of the molecule is CC(Oc1ccc(Oc2cnc3cc(Cl)ccc3n2)cc1)C(=O)NC#N. The van der Waals surface area contributed by atoms with Crippen LogP contribution in [0.3, 0.4) is 0 Å². The average molecular weight is 369 g/mol. The molecule has 130 valence electrons. The lowest BCUT2D eigenvalue weighted by atomic mass is 10.3. The van der Waals surface area contributed by atoms with Crippen LogP contribution in [0.15, 0.2) is 48.7 Å². The van der Waals surface area contributed by atoms with E-state index in [1.54, 1.807) is 55.6 Å². The molecule has 0 saturated carbocycles. The molecule has 1 unspecified atom stereocenters. The van der Waals surface area contributed by atoms with Gasteiger partial charge in [-0.3, -0.25) is 10.1 Å².